The standard InChI is InChI=1S/C15H19N5/c1-6-20-12(5)14(11(4)18-20)13-8-19-10(3)7-9(2)16-15(19)17-13/h7-8H,6H2,1-5H3. The summed E-state index contributed by atoms with van der Waals surface area (Å²) in [4.78, 5) is 9.17. The maximum atomic E-state index is 4.67. The molecule has 0 aliphatic heterocycles. The molecule has 0 aliphatic carbocycles. The molecule has 0 aromatic carbocycles. The second-order valence-corrected chi connectivity index (χ2v) is 5.20. The van der Waals surface area contributed by atoms with Gasteiger partial charge in [-0.25, -0.2) is 9.97 Å². The van der Waals surface area contributed by atoms with Crippen LogP contribution in [0.15, 0.2) is 12.3 Å². The van der Waals surface area contributed by atoms with Crippen LogP contribution in [0.4, 0.5) is 0 Å². The largest absolute Gasteiger partial charge is 0.288 e. The molecule has 5 nitrogen and oxygen atoms in total. The highest BCUT2D eigenvalue weighted by molar-refractivity contribution is 5.66. The first-order chi connectivity index (χ1) is 9.51. The maximum absolute atomic E-state index is 4.67. The van der Waals surface area contributed by atoms with Crippen molar-refractivity contribution in [3.05, 3.63) is 35.0 Å². The topological polar surface area (TPSA) is 48.0 Å². The van der Waals surface area contributed by atoms with Crippen molar-refractivity contribution in [3.63, 3.8) is 0 Å². The van der Waals surface area contributed by atoms with Crippen LogP contribution in [0.1, 0.15) is 29.7 Å². The van der Waals surface area contributed by atoms with Gasteiger partial charge in [-0.2, -0.15) is 5.10 Å². The van der Waals surface area contributed by atoms with E-state index in [-0.39, 0.29) is 0 Å². The van der Waals surface area contributed by atoms with Gasteiger partial charge in [0.15, 0.2) is 0 Å². The Morgan fingerprint density at radius 1 is 1.10 bits per heavy atom. The van der Waals surface area contributed by atoms with E-state index in [2.05, 4.69) is 41.9 Å². The van der Waals surface area contributed by atoms with Gasteiger partial charge in [-0.05, 0) is 40.7 Å². The minimum atomic E-state index is 0.751. The normalized spacial score (nSPS) is 11.4. The number of hydrogen-bond acceptors (Lipinski definition) is 3. The lowest BCUT2D eigenvalue weighted by Crippen LogP contribution is -1.98. The highest BCUT2D eigenvalue weighted by atomic mass is 15.3. The van der Waals surface area contributed by atoms with E-state index in [1.165, 1.54) is 0 Å². The van der Waals surface area contributed by atoms with Crippen LogP contribution < -0.4 is 0 Å². The zero-order valence-corrected chi connectivity index (χ0v) is 12.6. The van der Waals surface area contributed by atoms with E-state index in [1.807, 2.05) is 29.1 Å². The molecule has 3 aromatic heterocycles. The number of fused-ring (bicyclic) bond motifs is 1. The van der Waals surface area contributed by atoms with E-state index in [9.17, 15) is 0 Å². The Bertz CT molecular complexity index is 794. The van der Waals surface area contributed by atoms with Crippen molar-refractivity contribution in [2.24, 2.45) is 0 Å². The van der Waals surface area contributed by atoms with E-state index < -0.39 is 0 Å². The minimum Gasteiger partial charge on any atom is -0.288 e. The minimum absolute atomic E-state index is 0.751. The van der Waals surface area contributed by atoms with Crippen molar-refractivity contribution >= 4 is 5.78 Å². The quantitative estimate of drug-likeness (QED) is 0.718. The monoisotopic (exact) mass is 269 g/mol. The van der Waals surface area contributed by atoms with Crippen LogP contribution in [0.5, 0.6) is 0 Å². The third kappa shape index (κ3) is 1.81. The molecule has 0 amide bonds. The lowest BCUT2D eigenvalue weighted by Gasteiger charge is -1.99. The molecule has 0 atom stereocenters. The van der Waals surface area contributed by atoms with Gasteiger partial charge in [-0.3, -0.25) is 9.08 Å². The predicted molar refractivity (Wildman–Crippen MR) is 78.8 cm³/mol. The lowest BCUT2D eigenvalue weighted by molar-refractivity contribution is 0.634. The third-order valence-electron chi connectivity index (χ3n) is 3.70. The molecule has 0 bridgehead atoms. The fourth-order valence-electron chi connectivity index (χ4n) is 2.77. The van der Waals surface area contributed by atoms with Gasteiger partial charge in [-0.1, -0.05) is 0 Å². The first-order valence-electron chi connectivity index (χ1n) is 6.89. The van der Waals surface area contributed by atoms with Crippen molar-refractivity contribution in [3.8, 4) is 11.3 Å². The third-order valence-corrected chi connectivity index (χ3v) is 3.70. The van der Waals surface area contributed by atoms with Crippen molar-refractivity contribution in [2.45, 2.75) is 41.2 Å². The van der Waals surface area contributed by atoms with Crippen molar-refractivity contribution < 1.29 is 0 Å². The summed E-state index contributed by atoms with van der Waals surface area (Å²) in [5, 5.41) is 4.56. The molecule has 3 rings (SSSR count). The fourth-order valence-corrected chi connectivity index (χ4v) is 2.77. The molecule has 5 heteroatoms. The van der Waals surface area contributed by atoms with Gasteiger partial charge in [0.25, 0.3) is 0 Å². The molecule has 0 aliphatic rings. The van der Waals surface area contributed by atoms with Gasteiger partial charge in [0.05, 0.1) is 11.4 Å². The number of nitrogens with zero attached hydrogens (tertiary/aromatic N) is 5. The van der Waals surface area contributed by atoms with Crippen LogP contribution in [-0.2, 0) is 6.54 Å². The molecule has 0 radical (unpaired) electrons. The van der Waals surface area contributed by atoms with Crippen LogP contribution in [-0.4, -0.2) is 24.1 Å². The fraction of sp³-hybridized carbons (Fsp3) is 0.400. The number of rotatable bonds is 2. The van der Waals surface area contributed by atoms with Gasteiger partial charge in [0.2, 0.25) is 5.78 Å². The SMILES string of the molecule is CCn1nc(C)c(-c2cn3c(C)cc(C)nc3n2)c1C. The van der Waals surface area contributed by atoms with E-state index in [4.69, 9.17) is 0 Å². The molecule has 0 N–H and O–H groups in total. The number of hydrogen-bond donors (Lipinski definition) is 0. The van der Waals surface area contributed by atoms with Gasteiger partial charge in [0.1, 0.15) is 0 Å². The number of aryl methyl sites for hydroxylation is 4. The van der Waals surface area contributed by atoms with Gasteiger partial charge < -0.3 is 0 Å². The lowest BCUT2D eigenvalue weighted by atomic mass is 10.1. The van der Waals surface area contributed by atoms with Gasteiger partial charge in [0, 0.05) is 35.4 Å². The Balaban J connectivity index is 2.25. The zero-order chi connectivity index (χ0) is 14.4. The number of imidazole rings is 1. The molecule has 0 spiro atoms. The summed E-state index contributed by atoms with van der Waals surface area (Å²) < 4.78 is 4.05. The molecule has 20 heavy (non-hydrogen) atoms. The molecule has 0 saturated heterocycles. The first-order valence-corrected chi connectivity index (χ1v) is 6.89. The van der Waals surface area contributed by atoms with Crippen LogP contribution in [0.2, 0.25) is 0 Å². The zero-order valence-electron chi connectivity index (χ0n) is 12.6. The molecule has 0 saturated carbocycles. The summed E-state index contributed by atoms with van der Waals surface area (Å²) in [5.41, 5.74) is 6.37. The number of aromatic nitrogens is 5. The first kappa shape index (κ1) is 12.8. The van der Waals surface area contributed by atoms with E-state index in [0.29, 0.717) is 0 Å². The Morgan fingerprint density at radius 2 is 1.85 bits per heavy atom. The van der Waals surface area contributed by atoms with Crippen molar-refractivity contribution in [1.82, 2.24) is 24.1 Å². The van der Waals surface area contributed by atoms with Crippen LogP contribution in [0.3, 0.4) is 0 Å². The Hall–Kier alpha value is -2.17. The predicted octanol–water partition coefficient (Wildman–Crippen LogP) is 2.85. The average Bonchev–Trinajstić information content (AvgIpc) is 2.90. The molecule has 0 fully saturated rings. The summed E-state index contributed by atoms with van der Waals surface area (Å²) >= 11 is 0. The van der Waals surface area contributed by atoms with Gasteiger partial charge in [-0.15, -0.1) is 0 Å². The maximum Gasteiger partial charge on any atom is 0.234 e. The Labute approximate surface area is 118 Å². The van der Waals surface area contributed by atoms with Crippen LogP contribution in [0, 0.1) is 27.7 Å². The van der Waals surface area contributed by atoms with E-state index in [1.54, 1.807) is 0 Å². The summed E-state index contributed by atoms with van der Waals surface area (Å²) in [5.74, 6) is 0.751. The highest BCUT2D eigenvalue weighted by Gasteiger charge is 2.16. The molecule has 0 unspecified atom stereocenters. The summed E-state index contributed by atoms with van der Waals surface area (Å²) in [7, 11) is 0. The molecule has 104 valence electrons. The second-order valence-electron chi connectivity index (χ2n) is 5.20. The van der Waals surface area contributed by atoms with Crippen molar-refractivity contribution in [2.75, 3.05) is 0 Å². The Kier molecular flexibility index (Phi) is 2.85. The summed E-state index contributed by atoms with van der Waals surface area (Å²) in [6.07, 6.45) is 2.05. The molecular formula is C15H19N5. The molecular weight excluding hydrogens is 250 g/mol. The molecule has 3 aromatic rings. The smallest absolute Gasteiger partial charge is 0.234 e. The van der Waals surface area contributed by atoms with Crippen LogP contribution in [0.25, 0.3) is 17.0 Å². The molecule has 3 heterocycles. The Morgan fingerprint density at radius 3 is 2.50 bits per heavy atom. The van der Waals surface area contributed by atoms with E-state index in [0.717, 1.165) is 46.4 Å². The highest BCUT2D eigenvalue weighted by Crippen LogP contribution is 2.26. The second kappa shape index (κ2) is 4.44. The van der Waals surface area contributed by atoms with E-state index >= 15 is 0 Å². The summed E-state index contributed by atoms with van der Waals surface area (Å²) in [6.45, 7) is 11.2. The average molecular weight is 269 g/mol. The van der Waals surface area contributed by atoms with Gasteiger partial charge >= 0.3 is 0 Å². The summed E-state index contributed by atoms with van der Waals surface area (Å²) in [6, 6.07) is 2.06. The van der Waals surface area contributed by atoms with Crippen LogP contribution >= 0.6 is 0 Å². The van der Waals surface area contributed by atoms with Crippen molar-refractivity contribution in [1.29, 1.82) is 0 Å².